The highest BCUT2D eigenvalue weighted by atomic mass is 14.9. The maximum atomic E-state index is 5.69. The van der Waals surface area contributed by atoms with Gasteiger partial charge in [-0.3, -0.25) is 0 Å². The van der Waals surface area contributed by atoms with Gasteiger partial charge in [0.15, 0.2) is 0 Å². The van der Waals surface area contributed by atoms with Crippen LogP contribution < -0.4 is 11.1 Å². The number of allylic oxidation sites excluding steroid dienone is 5. The quantitative estimate of drug-likeness (QED) is 0.564. The van der Waals surface area contributed by atoms with Crippen LogP contribution in [-0.2, 0) is 0 Å². The molecule has 0 unspecified atom stereocenters. The summed E-state index contributed by atoms with van der Waals surface area (Å²) in [7, 11) is 0. The number of fused-ring (bicyclic) bond motifs is 1. The highest BCUT2D eigenvalue weighted by molar-refractivity contribution is 5.49. The number of hydrogen-bond acceptors (Lipinski definition) is 2. The fourth-order valence-corrected chi connectivity index (χ4v) is 1.50. The van der Waals surface area contributed by atoms with Gasteiger partial charge in [-0.1, -0.05) is 6.08 Å². The zero-order valence-corrected chi connectivity index (χ0v) is 7.09. The molecular formula is C10H12N2. The molecule has 1 heterocycles. The number of rotatable bonds is 0. The third kappa shape index (κ3) is 1.05. The van der Waals surface area contributed by atoms with Crippen LogP contribution >= 0.6 is 0 Å². The van der Waals surface area contributed by atoms with Crippen LogP contribution in [0.1, 0.15) is 13.3 Å². The second kappa shape index (κ2) is 2.55. The van der Waals surface area contributed by atoms with E-state index in [0.29, 0.717) is 0 Å². The lowest BCUT2D eigenvalue weighted by Crippen LogP contribution is -2.16. The molecule has 2 heteroatoms. The van der Waals surface area contributed by atoms with Crippen LogP contribution in [0, 0.1) is 0 Å². The van der Waals surface area contributed by atoms with E-state index in [1.165, 1.54) is 11.1 Å². The molecular weight excluding hydrogens is 148 g/mol. The first-order valence-corrected chi connectivity index (χ1v) is 4.08. The minimum absolute atomic E-state index is 0.851. The first-order valence-electron chi connectivity index (χ1n) is 4.08. The van der Waals surface area contributed by atoms with Gasteiger partial charge in [-0.25, -0.2) is 0 Å². The molecule has 0 aromatic carbocycles. The van der Waals surface area contributed by atoms with Crippen LogP contribution in [0.3, 0.4) is 0 Å². The predicted molar refractivity (Wildman–Crippen MR) is 49.9 cm³/mol. The largest absolute Gasteiger partial charge is 0.399 e. The molecule has 0 radical (unpaired) electrons. The van der Waals surface area contributed by atoms with Crippen LogP contribution in [0.4, 0.5) is 0 Å². The fraction of sp³-hybridized carbons (Fsp3) is 0.200. The summed E-state index contributed by atoms with van der Waals surface area (Å²) in [5, 5.41) is 3.18. The summed E-state index contributed by atoms with van der Waals surface area (Å²) in [6.45, 7) is 2.12. The molecule has 0 saturated carbocycles. The summed E-state index contributed by atoms with van der Waals surface area (Å²) in [5.41, 5.74) is 10.4. The Morgan fingerprint density at radius 2 is 2.33 bits per heavy atom. The van der Waals surface area contributed by atoms with E-state index in [0.717, 1.165) is 17.8 Å². The van der Waals surface area contributed by atoms with Crippen molar-refractivity contribution in [2.45, 2.75) is 13.3 Å². The number of dihydropyridines is 1. The van der Waals surface area contributed by atoms with Gasteiger partial charge in [0, 0.05) is 17.6 Å². The van der Waals surface area contributed by atoms with Gasteiger partial charge in [0.25, 0.3) is 0 Å². The smallest absolute Gasteiger partial charge is 0.0438 e. The predicted octanol–water partition coefficient (Wildman–Crippen LogP) is 1.55. The summed E-state index contributed by atoms with van der Waals surface area (Å²) in [6.07, 6.45) is 9.00. The molecule has 2 aliphatic rings. The zero-order chi connectivity index (χ0) is 8.55. The van der Waals surface area contributed by atoms with E-state index in [9.17, 15) is 0 Å². The van der Waals surface area contributed by atoms with E-state index in [-0.39, 0.29) is 0 Å². The van der Waals surface area contributed by atoms with E-state index < -0.39 is 0 Å². The average molecular weight is 160 g/mol. The number of nitrogens with one attached hydrogen (secondary N) is 1. The average Bonchev–Trinajstić information content (AvgIpc) is 2.04. The number of nitrogens with two attached hydrogens (primary N) is 1. The highest BCUT2D eigenvalue weighted by Gasteiger charge is 2.12. The summed E-state index contributed by atoms with van der Waals surface area (Å²) in [4.78, 5) is 0. The Balaban J connectivity index is 2.44. The summed E-state index contributed by atoms with van der Waals surface area (Å²) in [5.74, 6) is 0. The fourth-order valence-electron chi connectivity index (χ4n) is 1.50. The van der Waals surface area contributed by atoms with Crippen molar-refractivity contribution in [1.82, 2.24) is 5.32 Å². The maximum Gasteiger partial charge on any atom is 0.0438 e. The first-order chi connectivity index (χ1) is 5.77. The van der Waals surface area contributed by atoms with Crippen LogP contribution in [0.5, 0.6) is 0 Å². The molecule has 0 amide bonds. The van der Waals surface area contributed by atoms with Crippen molar-refractivity contribution in [2.75, 3.05) is 0 Å². The molecule has 0 spiro atoms. The lowest BCUT2D eigenvalue weighted by Gasteiger charge is -2.20. The molecule has 2 nitrogen and oxygen atoms in total. The van der Waals surface area contributed by atoms with Gasteiger partial charge >= 0.3 is 0 Å². The van der Waals surface area contributed by atoms with Crippen molar-refractivity contribution in [3.8, 4) is 0 Å². The zero-order valence-electron chi connectivity index (χ0n) is 7.09. The van der Waals surface area contributed by atoms with Crippen LogP contribution in [0.15, 0.2) is 47.0 Å². The first kappa shape index (κ1) is 7.22. The molecule has 2 rings (SSSR count). The maximum absolute atomic E-state index is 5.69. The van der Waals surface area contributed by atoms with Crippen molar-refractivity contribution in [3.63, 3.8) is 0 Å². The molecule has 1 aliphatic carbocycles. The Hall–Kier alpha value is -1.44. The van der Waals surface area contributed by atoms with Crippen LogP contribution in [0.2, 0.25) is 0 Å². The van der Waals surface area contributed by atoms with E-state index >= 15 is 0 Å². The van der Waals surface area contributed by atoms with Gasteiger partial charge in [0.2, 0.25) is 0 Å². The van der Waals surface area contributed by atoms with Gasteiger partial charge < -0.3 is 11.1 Å². The van der Waals surface area contributed by atoms with Gasteiger partial charge in [0.05, 0.1) is 0 Å². The second-order valence-electron chi connectivity index (χ2n) is 3.11. The highest BCUT2D eigenvalue weighted by Crippen LogP contribution is 2.25. The third-order valence-electron chi connectivity index (χ3n) is 2.23. The van der Waals surface area contributed by atoms with Crippen LogP contribution in [0.25, 0.3) is 0 Å². The Morgan fingerprint density at radius 1 is 1.50 bits per heavy atom. The topological polar surface area (TPSA) is 38.0 Å². The second-order valence-corrected chi connectivity index (χ2v) is 3.11. The summed E-state index contributed by atoms with van der Waals surface area (Å²) >= 11 is 0. The molecule has 0 aromatic rings. The van der Waals surface area contributed by atoms with Gasteiger partial charge in [-0.2, -0.15) is 0 Å². The molecule has 3 N–H and O–H groups in total. The molecule has 12 heavy (non-hydrogen) atoms. The minimum Gasteiger partial charge on any atom is -0.399 e. The molecule has 0 bridgehead atoms. The third-order valence-corrected chi connectivity index (χ3v) is 2.23. The van der Waals surface area contributed by atoms with E-state index in [1.54, 1.807) is 0 Å². The Kier molecular flexibility index (Phi) is 1.54. The van der Waals surface area contributed by atoms with Crippen molar-refractivity contribution in [3.05, 3.63) is 47.0 Å². The minimum atomic E-state index is 0.851. The SMILES string of the molecule is CC1=C2CC=C(N)C=C2NC=C1. The lowest BCUT2D eigenvalue weighted by molar-refractivity contribution is 0.964. The van der Waals surface area contributed by atoms with E-state index in [1.807, 2.05) is 18.4 Å². The van der Waals surface area contributed by atoms with Crippen molar-refractivity contribution in [1.29, 1.82) is 0 Å². The molecule has 0 fully saturated rings. The van der Waals surface area contributed by atoms with Gasteiger partial charge in [-0.15, -0.1) is 0 Å². The normalized spacial score (nSPS) is 21.1. The van der Waals surface area contributed by atoms with Crippen LogP contribution in [-0.4, -0.2) is 0 Å². The molecule has 1 aliphatic heterocycles. The monoisotopic (exact) mass is 160 g/mol. The van der Waals surface area contributed by atoms with Gasteiger partial charge in [-0.05, 0) is 36.6 Å². The summed E-state index contributed by atoms with van der Waals surface area (Å²) in [6, 6.07) is 0. The van der Waals surface area contributed by atoms with E-state index in [4.69, 9.17) is 5.73 Å². The Morgan fingerprint density at radius 3 is 3.17 bits per heavy atom. The summed E-state index contributed by atoms with van der Waals surface area (Å²) < 4.78 is 0. The molecule has 0 aromatic heterocycles. The van der Waals surface area contributed by atoms with Crippen molar-refractivity contribution >= 4 is 0 Å². The molecule has 0 saturated heterocycles. The van der Waals surface area contributed by atoms with Gasteiger partial charge in [0.1, 0.15) is 0 Å². The standard InChI is InChI=1S/C10H12N2/c1-7-4-5-12-10-6-8(11)2-3-9(7)10/h2,4-6,12H,3,11H2,1H3. The van der Waals surface area contributed by atoms with E-state index in [2.05, 4.69) is 18.3 Å². The van der Waals surface area contributed by atoms with Crippen molar-refractivity contribution < 1.29 is 0 Å². The number of hydrogen-bond donors (Lipinski definition) is 2. The Bertz CT molecular complexity index is 330. The Labute approximate surface area is 72.1 Å². The molecule has 62 valence electrons. The van der Waals surface area contributed by atoms with Crippen molar-refractivity contribution in [2.24, 2.45) is 5.73 Å². The molecule has 0 atom stereocenters. The lowest BCUT2D eigenvalue weighted by atomic mass is 9.95.